The van der Waals surface area contributed by atoms with Crippen LogP contribution < -0.4 is 9.80 Å². The summed E-state index contributed by atoms with van der Waals surface area (Å²) < 4.78 is 0. The zero-order chi connectivity index (χ0) is 31.3. The maximum absolute atomic E-state index is 11.2. The summed E-state index contributed by atoms with van der Waals surface area (Å²) in [6.45, 7) is 6.30. The Morgan fingerprint density at radius 3 is 0.933 bits per heavy atom. The topological polar surface area (TPSA) is 43.8 Å². The fraction of sp³-hybridized carbons (Fsp3) is 0.0976. The first-order valence-corrected chi connectivity index (χ1v) is 15.2. The summed E-state index contributed by atoms with van der Waals surface area (Å²) in [5.41, 5.74) is 13.1. The van der Waals surface area contributed by atoms with E-state index in [2.05, 4.69) is 152 Å². The van der Waals surface area contributed by atoms with Gasteiger partial charge >= 0.3 is 5.97 Å². The smallest absolute Gasteiger partial charge is 0.307 e. The number of carboxylic acid groups (broad SMARTS) is 1. The summed E-state index contributed by atoms with van der Waals surface area (Å²) in [5, 5.41) is 9.20. The van der Waals surface area contributed by atoms with Crippen LogP contribution in [0, 0.1) is 20.8 Å². The average molecular weight is 589 g/mol. The van der Waals surface area contributed by atoms with Crippen molar-refractivity contribution in [2.45, 2.75) is 27.2 Å². The van der Waals surface area contributed by atoms with Crippen LogP contribution in [0.1, 0.15) is 22.3 Å². The second kappa shape index (κ2) is 12.9. The maximum atomic E-state index is 11.2. The number of hydrogen-bond donors (Lipinski definition) is 1. The third-order valence-electron chi connectivity index (χ3n) is 8.01. The van der Waals surface area contributed by atoms with Crippen molar-refractivity contribution in [2.75, 3.05) is 9.80 Å². The van der Waals surface area contributed by atoms with E-state index in [9.17, 15) is 9.90 Å². The molecule has 1 N–H and O–H groups in total. The molecule has 0 fully saturated rings. The van der Waals surface area contributed by atoms with Gasteiger partial charge in [-0.15, -0.1) is 0 Å². The van der Waals surface area contributed by atoms with Crippen LogP contribution in [-0.2, 0) is 11.2 Å². The lowest BCUT2D eigenvalue weighted by molar-refractivity contribution is -0.136. The number of aliphatic carboxylic acids is 1. The number of carboxylic acids is 1. The van der Waals surface area contributed by atoms with Gasteiger partial charge in [-0.25, -0.2) is 0 Å². The number of nitrogens with zero attached hydrogens (tertiary/aromatic N) is 2. The van der Waals surface area contributed by atoms with Gasteiger partial charge in [0.25, 0.3) is 0 Å². The third-order valence-corrected chi connectivity index (χ3v) is 8.01. The van der Waals surface area contributed by atoms with Crippen LogP contribution in [0.25, 0.3) is 11.1 Å². The van der Waals surface area contributed by atoms with Crippen molar-refractivity contribution >= 4 is 40.1 Å². The van der Waals surface area contributed by atoms with Crippen molar-refractivity contribution in [1.82, 2.24) is 0 Å². The van der Waals surface area contributed by atoms with Gasteiger partial charge in [0.2, 0.25) is 0 Å². The molecule has 4 nitrogen and oxygen atoms in total. The molecular formula is C41H36N2O2. The molecule has 6 aromatic rings. The fourth-order valence-electron chi connectivity index (χ4n) is 5.52. The summed E-state index contributed by atoms with van der Waals surface area (Å²) in [7, 11) is 0. The molecule has 0 heterocycles. The Balaban J connectivity index is 1.30. The molecule has 45 heavy (non-hydrogen) atoms. The minimum Gasteiger partial charge on any atom is -0.481 e. The largest absolute Gasteiger partial charge is 0.481 e. The SMILES string of the molecule is Cc1ccc(N(c2ccc(C)cc2)c2ccc(-c3ccc(N(c4ccc(C)cc4)c4ccc(CC(=O)O)cc4)cc3)cc2)cc1. The van der Waals surface area contributed by atoms with Crippen LogP contribution in [0.15, 0.2) is 146 Å². The van der Waals surface area contributed by atoms with Gasteiger partial charge in [0.1, 0.15) is 0 Å². The van der Waals surface area contributed by atoms with Crippen molar-refractivity contribution in [3.63, 3.8) is 0 Å². The number of hydrogen-bond acceptors (Lipinski definition) is 3. The molecule has 0 aliphatic carbocycles. The molecule has 0 spiro atoms. The Kier molecular flexibility index (Phi) is 8.47. The molecule has 0 radical (unpaired) electrons. The predicted octanol–water partition coefficient (Wildman–Crippen LogP) is 10.8. The van der Waals surface area contributed by atoms with Crippen LogP contribution >= 0.6 is 0 Å². The molecule has 6 rings (SSSR count). The lowest BCUT2D eigenvalue weighted by Gasteiger charge is -2.26. The highest BCUT2D eigenvalue weighted by molar-refractivity contribution is 5.81. The summed E-state index contributed by atoms with van der Waals surface area (Å²) in [4.78, 5) is 15.7. The van der Waals surface area contributed by atoms with E-state index < -0.39 is 5.97 Å². The molecule has 222 valence electrons. The zero-order valence-corrected chi connectivity index (χ0v) is 25.8. The molecule has 0 atom stereocenters. The highest BCUT2D eigenvalue weighted by Gasteiger charge is 2.15. The molecule has 0 saturated carbocycles. The Morgan fingerprint density at radius 2 is 0.667 bits per heavy atom. The Morgan fingerprint density at radius 1 is 0.422 bits per heavy atom. The lowest BCUT2D eigenvalue weighted by atomic mass is 10.0. The summed E-state index contributed by atoms with van der Waals surface area (Å²) in [5.74, 6) is -0.834. The first kappa shape index (κ1) is 29.5. The zero-order valence-electron chi connectivity index (χ0n) is 25.8. The Labute approximate surface area is 265 Å². The molecular weight excluding hydrogens is 552 g/mol. The lowest BCUT2D eigenvalue weighted by Crippen LogP contribution is -2.10. The summed E-state index contributed by atoms with van der Waals surface area (Å²) >= 11 is 0. The highest BCUT2D eigenvalue weighted by Crippen LogP contribution is 2.38. The first-order valence-electron chi connectivity index (χ1n) is 15.2. The van der Waals surface area contributed by atoms with Crippen LogP contribution in [0.3, 0.4) is 0 Å². The van der Waals surface area contributed by atoms with Crippen molar-refractivity contribution in [3.05, 3.63) is 168 Å². The minimum absolute atomic E-state index is 0.00605. The third kappa shape index (κ3) is 6.81. The van der Waals surface area contributed by atoms with Crippen molar-refractivity contribution in [2.24, 2.45) is 0 Å². The van der Waals surface area contributed by atoms with Gasteiger partial charge in [-0.05, 0) is 110 Å². The van der Waals surface area contributed by atoms with Gasteiger partial charge in [-0.1, -0.05) is 89.5 Å². The van der Waals surface area contributed by atoms with Gasteiger partial charge in [0, 0.05) is 34.1 Å². The number of rotatable bonds is 9. The molecule has 4 heteroatoms. The van der Waals surface area contributed by atoms with E-state index in [0.717, 1.165) is 50.8 Å². The molecule has 0 unspecified atom stereocenters. The number of aryl methyl sites for hydroxylation is 3. The molecule has 6 aromatic carbocycles. The van der Waals surface area contributed by atoms with Crippen LogP contribution in [-0.4, -0.2) is 11.1 Å². The normalized spacial score (nSPS) is 10.8. The second-order valence-corrected chi connectivity index (χ2v) is 11.5. The Hall–Kier alpha value is -5.61. The van der Waals surface area contributed by atoms with E-state index >= 15 is 0 Å². The van der Waals surface area contributed by atoms with Gasteiger partial charge in [0.15, 0.2) is 0 Å². The molecule has 0 aliphatic rings. The monoisotopic (exact) mass is 588 g/mol. The van der Waals surface area contributed by atoms with Gasteiger partial charge in [-0.3, -0.25) is 4.79 Å². The molecule has 0 amide bonds. The average Bonchev–Trinajstić information content (AvgIpc) is 3.05. The van der Waals surface area contributed by atoms with Gasteiger partial charge < -0.3 is 14.9 Å². The summed E-state index contributed by atoms with van der Waals surface area (Å²) in [6.07, 6.45) is 0.00605. The maximum Gasteiger partial charge on any atom is 0.307 e. The predicted molar refractivity (Wildman–Crippen MR) is 187 cm³/mol. The van der Waals surface area contributed by atoms with E-state index in [-0.39, 0.29) is 6.42 Å². The first-order chi connectivity index (χ1) is 21.8. The van der Waals surface area contributed by atoms with Crippen LogP contribution in [0.4, 0.5) is 34.1 Å². The number of benzene rings is 6. The Bertz CT molecular complexity index is 1830. The van der Waals surface area contributed by atoms with Gasteiger partial charge in [0.05, 0.1) is 6.42 Å². The van der Waals surface area contributed by atoms with Crippen LogP contribution in [0.2, 0.25) is 0 Å². The highest BCUT2D eigenvalue weighted by atomic mass is 16.4. The molecule has 0 aliphatic heterocycles. The molecule has 0 bridgehead atoms. The van der Waals surface area contributed by atoms with Crippen molar-refractivity contribution < 1.29 is 9.90 Å². The van der Waals surface area contributed by atoms with Crippen molar-refractivity contribution in [3.8, 4) is 11.1 Å². The van der Waals surface area contributed by atoms with Crippen LogP contribution in [0.5, 0.6) is 0 Å². The molecule has 0 saturated heterocycles. The fourth-order valence-corrected chi connectivity index (χ4v) is 5.52. The van der Waals surface area contributed by atoms with Gasteiger partial charge in [-0.2, -0.15) is 0 Å². The standard InChI is InChI=1S/C41H36N2O2/c1-29-4-16-35(17-5-29)42(36-18-6-30(2)7-19-36)39-24-12-33(13-25-39)34-14-26-40(27-15-34)43(37-20-8-31(3)9-21-37)38-22-10-32(11-23-38)28-41(44)45/h4-27H,28H2,1-3H3,(H,44,45). The van der Waals surface area contributed by atoms with E-state index in [1.54, 1.807) is 0 Å². The quantitative estimate of drug-likeness (QED) is 0.182. The number of carbonyl (C=O) groups is 1. The van der Waals surface area contributed by atoms with E-state index in [4.69, 9.17) is 0 Å². The van der Waals surface area contributed by atoms with E-state index in [0.29, 0.717) is 0 Å². The summed E-state index contributed by atoms with van der Waals surface area (Å²) in [6, 6.07) is 50.8. The van der Waals surface area contributed by atoms with E-state index in [1.165, 1.54) is 16.7 Å². The number of anilines is 6. The molecule has 0 aromatic heterocycles. The van der Waals surface area contributed by atoms with E-state index in [1.807, 2.05) is 24.3 Å². The minimum atomic E-state index is -0.834. The second-order valence-electron chi connectivity index (χ2n) is 11.5. The van der Waals surface area contributed by atoms with Crippen molar-refractivity contribution in [1.29, 1.82) is 0 Å².